The molecule has 8 rings (SSSR count). The summed E-state index contributed by atoms with van der Waals surface area (Å²) < 4.78 is 0. The lowest BCUT2D eigenvalue weighted by Crippen LogP contribution is -2.23. The molecule has 0 amide bonds. The molecule has 43 heavy (non-hydrogen) atoms. The average molecular weight is 556 g/mol. The number of fused-ring (bicyclic) bond motifs is 8. The minimum Gasteiger partial charge on any atom is -0.311 e. The number of nitrogens with zero attached hydrogens (tertiary/aromatic N) is 1. The van der Waals surface area contributed by atoms with Gasteiger partial charge >= 0.3 is 0 Å². The van der Waals surface area contributed by atoms with Crippen molar-refractivity contribution in [2.75, 3.05) is 4.90 Å². The number of hydrogen-bond donors (Lipinski definition) is 0. The van der Waals surface area contributed by atoms with Crippen LogP contribution < -0.4 is 4.90 Å². The Hall–Kier alpha value is -4.62. The molecule has 3 aliphatic rings. The highest BCUT2D eigenvalue weighted by atomic mass is 15.1. The van der Waals surface area contributed by atoms with Gasteiger partial charge in [-0.1, -0.05) is 130 Å². The maximum atomic E-state index is 2.51. The van der Waals surface area contributed by atoms with Crippen LogP contribution in [-0.2, 0) is 5.41 Å². The maximum absolute atomic E-state index is 2.51. The normalized spacial score (nSPS) is 18.4. The largest absolute Gasteiger partial charge is 0.311 e. The van der Waals surface area contributed by atoms with Crippen molar-refractivity contribution in [3.05, 3.63) is 161 Å². The van der Waals surface area contributed by atoms with Crippen molar-refractivity contribution in [1.29, 1.82) is 0 Å². The number of hydrogen-bond acceptors (Lipinski definition) is 1. The molecule has 0 bridgehead atoms. The molecule has 0 radical (unpaired) electrons. The van der Waals surface area contributed by atoms with Crippen LogP contribution in [0.4, 0.5) is 11.4 Å². The van der Waals surface area contributed by atoms with E-state index in [-0.39, 0.29) is 5.41 Å². The van der Waals surface area contributed by atoms with Gasteiger partial charge in [-0.3, -0.25) is 0 Å². The van der Waals surface area contributed by atoms with Gasteiger partial charge in [-0.15, -0.1) is 0 Å². The van der Waals surface area contributed by atoms with E-state index in [1.54, 1.807) is 5.57 Å². The average Bonchev–Trinajstić information content (AvgIpc) is 3.27. The molecule has 0 spiro atoms. The third-order valence-corrected chi connectivity index (χ3v) is 9.98. The Balaban J connectivity index is 1.24. The summed E-state index contributed by atoms with van der Waals surface area (Å²) in [4.78, 5) is 2.41. The molecule has 0 saturated heterocycles. The molecule has 0 aromatic heterocycles. The van der Waals surface area contributed by atoms with Crippen LogP contribution in [0.5, 0.6) is 0 Å². The Labute approximate surface area is 255 Å². The van der Waals surface area contributed by atoms with Crippen LogP contribution in [0.25, 0.3) is 27.1 Å². The van der Waals surface area contributed by atoms with Gasteiger partial charge in [-0.05, 0) is 92.1 Å². The Morgan fingerprint density at radius 3 is 1.98 bits per heavy atom. The summed E-state index contributed by atoms with van der Waals surface area (Å²) in [5.41, 5.74) is 12.3. The van der Waals surface area contributed by atoms with Crippen molar-refractivity contribution in [3.63, 3.8) is 0 Å². The topological polar surface area (TPSA) is 3.24 Å². The van der Waals surface area contributed by atoms with E-state index in [4.69, 9.17) is 0 Å². The molecule has 1 heteroatoms. The molecular formula is C42H37N. The summed E-state index contributed by atoms with van der Waals surface area (Å²) in [6.07, 6.45) is 10.7. The molecule has 5 aromatic carbocycles. The van der Waals surface area contributed by atoms with E-state index in [1.165, 1.54) is 66.5 Å². The number of rotatable bonds is 4. The third-order valence-electron chi connectivity index (χ3n) is 9.98. The lowest BCUT2D eigenvalue weighted by molar-refractivity contribution is 0.579. The predicted molar refractivity (Wildman–Crippen MR) is 184 cm³/mol. The van der Waals surface area contributed by atoms with E-state index in [0.29, 0.717) is 11.8 Å². The quantitative estimate of drug-likeness (QED) is 0.199. The molecule has 3 aliphatic carbocycles. The SMILES string of the molecule is CC(C)c1ccc(N(C2=CC3CC4=C(C=C3C=C2)c2c(c3ccccc3c3ccccc23)C4(C)C)c2ccccc2)cc1. The summed E-state index contributed by atoms with van der Waals surface area (Å²) in [6, 6.07) is 37.9. The zero-order valence-electron chi connectivity index (χ0n) is 25.4. The molecule has 210 valence electrons. The number of benzene rings is 5. The summed E-state index contributed by atoms with van der Waals surface area (Å²) in [7, 11) is 0. The van der Waals surface area contributed by atoms with Crippen LogP contribution in [0, 0.1) is 5.92 Å². The zero-order chi connectivity index (χ0) is 29.3. The first kappa shape index (κ1) is 26.0. The van der Waals surface area contributed by atoms with Crippen molar-refractivity contribution in [2.24, 2.45) is 5.92 Å². The van der Waals surface area contributed by atoms with E-state index in [9.17, 15) is 0 Å². The highest BCUT2D eigenvalue weighted by Crippen LogP contribution is 2.57. The van der Waals surface area contributed by atoms with Crippen molar-refractivity contribution >= 4 is 38.5 Å². The molecular weight excluding hydrogens is 518 g/mol. The Kier molecular flexibility index (Phi) is 5.88. The van der Waals surface area contributed by atoms with E-state index >= 15 is 0 Å². The molecule has 0 heterocycles. The van der Waals surface area contributed by atoms with Gasteiger partial charge in [0, 0.05) is 28.4 Å². The first-order valence-electron chi connectivity index (χ1n) is 15.7. The van der Waals surface area contributed by atoms with Crippen molar-refractivity contribution < 1.29 is 0 Å². The van der Waals surface area contributed by atoms with Crippen LogP contribution in [0.3, 0.4) is 0 Å². The molecule has 1 unspecified atom stereocenters. The summed E-state index contributed by atoms with van der Waals surface area (Å²) >= 11 is 0. The summed E-state index contributed by atoms with van der Waals surface area (Å²) in [5.74, 6) is 0.851. The van der Waals surface area contributed by atoms with Gasteiger partial charge in [-0.25, -0.2) is 0 Å². The number of allylic oxidation sites excluding steroid dienone is 7. The van der Waals surface area contributed by atoms with Gasteiger partial charge in [0.1, 0.15) is 0 Å². The van der Waals surface area contributed by atoms with E-state index < -0.39 is 0 Å². The highest BCUT2D eigenvalue weighted by Gasteiger charge is 2.42. The Morgan fingerprint density at radius 2 is 1.28 bits per heavy atom. The maximum Gasteiger partial charge on any atom is 0.0461 e. The van der Waals surface area contributed by atoms with Gasteiger partial charge < -0.3 is 4.90 Å². The Bertz CT molecular complexity index is 2030. The fourth-order valence-electron chi connectivity index (χ4n) is 7.80. The first-order chi connectivity index (χ1) is 20.9. The predicted octanol–water partition coefficient (Wildman–Crippen LogP) is 11.4. The monoisotopic (exact) mass is 555 g/mol. The van der Waals surface area contributed by atoms with Gasteiger partial charge in [0.15, 0.2) is 0 Å². The summed E-state index contributed by atoms with van der Waals surface area (Å²) in [5, 5.41) is 5.48. The minimum atomic E-state index is -0.0444. The lowest BCUT2D eigenvalue weighted by atomic mass is 9.72. The van der Waals surface area contributed by atoms with E-state index in [2.05, 4.69) is 160 Å². The molecule has 0 fully saturated rings. The van der Waals surface area contributed by atoms with Crippen LogP contribution in [0.1, 0.15) is 56.7 Å². The van der Waals surface area contributed by atoms with Crippen LogP contribution in [0.15, 0.2) is 144 Å². The Morgan fingerprint density at radius 1 is 0.674 bits per heavy atom. The van der Waals surface area contributed by atoms with E-state index in [0.717, 1.165) is 6.42 Å². The van der Waals surface area contributed by atoms with Gasteiger partial charge in [0.05, 0.1) is 0 Å². The molecule has 1 nitrogen and oxygen atoms in total. The van der Waals surface area contributed by atoms with Crippen LogP contribution >= 0.6 is 0 Å². The minimum absolute atomic E-state index is 0.0444. The number of para-hydroxylation sites is 1. The highest BCUT2D eigenvalue weighted by molar-refractivity contribution is 6.17. The first-order valence-corrected chi connectivity index (χ1v) is 15.7. The zero-order valence-corrected chi connectivity index (χ0v) is 25.4. The van der Waals surface area contributed by atoms with E-state index in [1.807, 2.05) is 0 Å². The standard InChI is InChI=1S/C42H37N/c1-27(2)28-18-21-32(22-19-28)43(31-12-6-5-7-13-31)33-23-20-29-25-38-39(26-30(29)24-33)42(3,4)41-37-17-11-9-15-35(37)34-14-8-10-16-36(34)40(38)41/h5-25,27,30H,26H2,1-4H3. The van der Waals surface area contributed by atoms with Crippen LogP contribution in [-0.4, -0.2) is 0 Å². The second-order valence-corrected chi connectivity index (χ2v) is 13.2. The fraction of sp³-hybridized carbons (Fsp3) is 0.190. The molecule has 1 atom stereocenters. The molecule has 0 aliphatic heterocycles. The summed E-state index contributed by atoms with van der Waals surface area (Å²) in [6.45, 7) is 9.41. The van der Waals surface area contributed by atoms with Crippen molar-refractivity contribution in [3.8, 4) is 0 Å². The fourth-order valence-corrected chi connectivity index (χ4v) is 7.80. The lowest BCUT2D eigenvalue weighted by Gasteiger charge is -2.34. The molecule has 0 N–H and O–H groups in total. The van der Waals surface area contributed by atoms with Gasteiger partial charge in [0.25, 0.3) is 0 Å². The smallest absolute Gasteiger partial charge is 0.0461 e. The molecule has 0 saturated carbocycles. The second kappa shape index (κ2) is 9.71. The van der Waals surface area contributed by atoms with Gasteiger partial charge in [-0.2, -0.15) is 0 Å². The molecule has 5 aromatic rings. The van der Waals surface area contributed by atoms with Crippen LogP contribution in [0.2, 0.25) is 0 Å². The third kappa shape index (κ3) is 3.98. The number of anilines is 2. The van der Waals surface area contributed by atoms with Crippen molar-refractivity contribution in [1.82, 2.24) is 0 Å². The second-order valence-electron chi connectivity index (χ2n) is 13.2. The van der Waals surface area contributed by atoms with Crippen molar-refractivity contribution in [2.45, 2.75) is 45.4 Å². The van der Waals surface area contributed by atoms with Gasteiger partial charge in [0.2, 0.25) is 0 Å².